The summed E-state index contributed by atoms with van der Waals surface area (Å²) in [6.07, 6.45) is 5.57. The van der Waals surface area contributed by atoms with Crippen LogP contribution in [0.2, 0.25) is 0 Å². The summed E-state index contributed by atoms with van der Waals surface area (Å²) in [5, 5.41) is 3.42. The molecule has 0 aliphatic heterocycles. The van der Waals surface area contributed by atoms with Crippen LogP contribution in [0.1, 0.15) is 38.7 Å². The van der Waals surface area contributed by atoms with E-state index in [0.29, 0.717) is 12.4 Å². The molecule has 0 bridgehead atoms. The lowest BCUT2D eigenvalue weighted by molar-refractivity contribution is 0.182. The van der Waals surface area contributed by atoms with Crippen LogP contribution in [0, 0.1) is 0 Å². The van der Waals surface area contributed by atoms with Gasteiger partial charge in [-0.3, -0.25) is 0 Å². The third-order valence-electron chi connectivity index (χ3n) is 2.82. The summed E-state index contributed by atoms with van der Waals surface area (Å²) >= 11 is 0. The number of nitrogens with two attached hydrogens (primary N) is 1. The van der Waals surface area contributed by atoms with E-state index < -0.39 is 0 Å². The van der Waals surface area contributed by atoms with Gasteiger partial charge in [-0.25, -0.2) is 9.97 Å². The molecule has 1 atom stereocenters. The summed E-state index contributed by atoms with van der Waals surface area (Å²) in [6, 6.07) is 0.268. The zero-order valence-corrected chi connectivity index (χ0v) is 11.6. The van der Waals surface area contributed by atoms with E-state index in [-0.39, 0.29) is 6.04 Å². The van der Waals surface area contributed by atoms with Gasteiger partial charge < -0.3 is 15.8 Å². The summed E-state index contributed by atoms with van der Waals surface area (Å²) in [4.78, 5) is 8.36. The van der Waals surface area contributed by atoms with Gasteiger partial charge in [0.05, 0.1) is 12.6 Å². The van der Waals surface area contributed by atoms with Gasteiger partial charge in [0.2, 0.25) is 0 Å². The number of nitrogens with zero attached hydrogens (tertiary/aromatic N) is 2. The summed E-state index contributed by atoms with van der Waals surface area (Å²) in [6.45, 7) is 4.95. The van der Waals surface area contributed by atoms with Crippen molar-refractivity contribution in [3.8, 4) is 0 Å². The Bertz CT molecular complexity index is 351. The van der Waals surface area contributed by atoms with Gasteiger partial charge in [-0.2, -0.15) is 0 Å². The molecule has 0 saturated heterocycles. The molecule has 1 rings (SSSR count). The second-order valence-corrected chi connectivity index (χ2v) is 4.42. The molecule has 102 valence electrons. The van der Waals surface area contributed by atoms with E-state index in [9.17, 15) is 0 Å². The Hall–Kier alpha value is -1.36. The molecule has 1 unspecified atom stereocenters. The van der Waals surface area contributed by atoms with Crippen molar-refractivity contribution in [2.24, 2.45) is 0 Å². The Morgan fingerprint density at radius 1 is 1.33 bits per heavy atom. The quantitative estimate of drug-likeness (QED) is 0.742. The molecule has 5 heteroatoms. The van der Waals surface area contributed by atoms with Gasteiger partial charge in [0.25, 0.3) is 0 Å². The first-order valence-electron chi connectivity index (χ1n) is 6.57. The van der Waals surface area contributed by atoms with Gasteiger partial charge in [-0.1, -0.05) is 26.7 Å². The molecule has 18 heavy (non-hydrogen) atoms. The molecule has 1 heterocycles. The van der Waals surface area contributed by atoms with E-state index in [4.69, 9.17) is 10.5 Å². The van der Waals surface area contributed by atoms with Crippen molar-refractivity contribution in [1.82, 2.24) is 9.97 Å². The summed E-state index contributed by atoms with van der Waals surface area (Å²) in [5.41, 5.74) is 6.92. The topological polar surface area (TPSA) is 73.1 Å². The van der Waals surface area contributed by atoms with Crippen molar-refractivity contribution in [3.63, 3.8) is 0 Å². The van der Waals surface area contributed by atoms with E-state index in [1.54, 1.807) is 7.11 Å². The van der Waals surface area contributed by atoms with Crippen molar-refractivity contribution >= 4 is 11.6 Å². The molecular formula is C13H24N4O. The van der Waals surface area contributed by atoms with Gasteiger partial charge >= 0.3 is 0 Å². The number of ether oxygens (including phenoxy) is 1. The predicted octanol–water partition coefficient (Wildman–Crippen LogP) is 2.24. The average molecular weight is 252 g/mol. The van der Waals surface area contributed by atoms with E-state index >= 15 is 0 Å². The highest BCUT2D eigenvalue weighted by Gasteiger charge is 2.13. The maximum Gasteiger partial charge on any atom is 0.135 e. The number of hydrogen-bond donors (Lipinski definition) is 2. The SMILES string of the molecule is CCCc1c(N)ncnc1NC(CCC)COC. The van der Waals surface area contributed by atoms with Crippen LogP contribution in [0.3, 0.4) is 0 Å². The molecule has 0 aliphatic carbocycles. The maximum absolute atomic E-state index is 5.91. The highest BCUT2D eigenvalue weighted by molar-refractivity contribution is 5.55. The third kappa shape index (κ3) is 4.14. The van der Waals surface area contributed by atoms with E-state index in [1.165, 1.54) is 6.33 Å². The van der Waals surface area contributed by atoms with E-state index in [1.807, 2.05) is 0 Å². The minimum atomic E-state index is 0.268. The number of methoxy groups -OCH3 is 1. The number of rotatable bonds is 8. The Morgan fingerprint density at radius 3 is 2.72 bits per heavy atom. The molecular weight excluding hydrogens is 228 g/mol. The van der Waals surface area contributed by atoms with Gasteiger partial charge in [-0.15, -0.1) is 0 Å². The van der Waals surface area contributed by atoms with Gasteiger partial charge in [0, 0.05) is 12.7 Å². The highest BCUT2D eigenvalue weighted by Crippen LogP contribution is 2.20. The lowest BCUT2D eigenvalue weighted by atomic mass is 10.1. The standard InChI is InChI=1S/C13H24N4O/c1-4-6-10(8-18-3)17-13-11(7-5-2)12(14)15-9-16-13/h9-10H,4-8H2,1-3H3,(H3,14,15,16,17). The van der Waals surface area contributed by atoms with Gasteiger partial charge in [0.1, 0.15) is 18.0 Å². The normalized spacial score (nSPS) is 12.4. The Balaban J connectivity index is 2.83. The monoisotopic (exact) mass is 252 g/mol. The predicted molar refractivity (Wildman–Crippen MR) is 74.6 cm³/mol. The number of nitrogens with one attached hydrogen (secondary N) is 1. The van der Waals surface area contributed by atoms with Crippen LogP contribution in [0.15, 0.2) is 6.33 Å². The van der Waals surface area contributed by atoms with Crippen molar-refractivity contribution in [3.05, 3.63) is 11.9 Å². The summed E-state index contributed by atoms with van der Waals surface area (Å²) in [7, 11) is 1.71. The van der Waals surface area contributed by atoms with Crippen LogP contribution in [0.5, 0.6) is 0 Å². The fraction of sp³-hybridized carbons (Fsp3) is 0.692. The van der Waals surface area contributed by atoms with Crippen LogP contribution in [-0.4, -0.2) is 29.7 Å². The molecule has 1 aromatic heterocycles. The highest BCUT2D eigenvalue weighted by atomic mass is 16.5. The van der Waals surface area contributed by atoms with Crippen molar-refractivity contribution in [2.45, 2.75) is 45.6 Å². The Labute approximate surface area is 109 Å². The molecule has 0 aromatic carbocycles. The fourth-order valence-electron chi connectivity index (χ4n) is 1.99. The second kappa shape index (κ2) is 7.87. The molecule has 0 amide bonds. The molecule has 0 spiro atoms. The van der Waals surface area contributed by atoms with Crippen LogP contribution in [0.25, 0.3) is 0 Å². The molecule has 0 fully saturated rings. The first kappa shape index (κ1) is 14.7. The molecule has 5 nitrogen and oxygen atoms in total. The van der Waals surface area contributed by atoms with Gasteiger partial charge in [0.15, 0.2) is 0 Å². The summed E-state index contributed by atoms with van der Waals surface area (Å²) < 4.78 is 5.22. The van der Waals surface area contributed by atoms with Crippen LogP contribution in [0.4, 0.5) is 11.6 Å². The zero-order valence-electron chi connectivity index (χ0n) is 11.6. The maximum atomic E-state index is 5.91. The van der Waals surface area contributed by atoms with Crippen molar-refractivity contribution < 1.29 is 4.74 Å². The van der Waals surface area contributed by atoms with Crippen molar-refractivity contribution in [2.75, 3.05) is 24.8 Å². The van der Waals surface area contributed by atoms with E-state index in [2.05, 4.69) is 29.1 Å². The minimum Gasteiger partial charge on any atom is -0.383 e. The Morgan fingerprint density at radius 2 is 2.11 bits per heavy atom. The lowest BCUT2D eigenvalue weighted by Crippen LogP contribution is -2.26. The second-order valence-electron chi connectivity index (χ2n) is 4.42. The molecule has 1 aromatic rings. The number of anilines is 2. The third-order valence-corrected chi connectivity index (χ3v) is 2.82. The minimum absolute atomic E-state index is 0.268. The molecule has 0 radical (unpaired) electrons. The first-order valence-corrected chi connectivity index (χ1v) is 6.57. The van der Waals surface area contributed by atoms with Gasteiger partial charge in [-0.05, 0) is 12.8 Å². The van der Waals surface area contributed by atoms with Crippen LogP contribution < -0.4 is 11.1 Å². The first-order chi connectivity index (χ1) is 8.72. The number of hydrogen-bond acceptors (Lipinski definition) is 5. The summed E-state index contributed by atoms with van der Waals surface area (Å²) in [5.74, 6) is 1.42. The number of aromatic nitrogens is 2. The molecule has 0 saturated carbocycles. The van der Waals surface area contributed by atoms with Crippen LogP contribution in [-0.2, 0) is 11.2 Å². The average Bonchev–Trinajstić information content (AvgIpc) is 2.34. The molecule has 0 aliphatic rings. The van der Waals surface area contributed by atoms with E-state index in [0.717, 1.165) is 37.1 Å². The molecule has 3 N–H and O–H groups in total. The largest absolute Gasteiger partial charge is 0.383 e. The fourth-order valence-corrected chi connectivity index (χ4v) is 1.99. The number of nitrogen functional groups attached to an aromatic ring is 1. The van der Waals surface area contributed by atoms with Crippen molar-refractivity contribution in [1.29, 1.82) is 0 Å². The lowest BCUT2D eigenvalue weighted by Gasteiger charge is -2.20. The smallest absolute Gasteiger partial charge is 0.135 e. The van der Waals surface area contributed by atoms with Crippen LogP contribution >= 0.6 is 0 Å². The zero-order chi connectivity index (χ0) is 13.4. The Kier molecular flexibility index (Phi) is 6.43.